The van der Waals surface area contributed by atoms with Crippen molar-refractivity contribution in [3.05, 3.63) is 55.0 Å². The molecular weight excluding hydrogens is 346 g/mol. The average molecular weight is 361 g/mol. The maximum Gasteiger partial charge on any atom is 0.241 e. The van der Waals surface area contributed by atoms with Crippen LogP contribution in [0.4, 0.5) is 0 Å². The molecule has 0 saturated carbocycles. The maximum absolute atomic E-state index is 5.40. The van der Waals surface area contributed by atoms with E-state index in [0.717, 1.165) is 28.0 Å². The number of aromatic nitrogens is 7. The molecule has 0 unspecified atom stereocenters. The van der Waals surface area contributed by atoms with Crippen molar-refractivity contribution in [3.8, 4) is 17.0 Å². The minimum atomic E-state index is 0.489. The van der Waals surface area contributed by atoms with Crippen molar-refractivity contribution in [1.29, 1.82) is 0 Å². The third-order valence-electron chi connectivity index (χ3n) is 4.50. The average Bonchev–Trinajstić information content (AvgIpc) is 3.41. The van der Waals surface area contributed by atoms with E-state index in [4.69, 9.17) is 9.15 Å². The van der Waals surface area contributed by atoms with Gasteiger partial charge in [0.05, 0.1) is 18.8 Å². The number of oxazole rings is 1. The van der Waals surface area contributed by atoms with Crippen LogP contribution in [0.5, 0.6) is 5.88 Å². The molecular formula is C18H15N7O2. The van der Waals surface area contributed by atoms with Gasteiger partial charge in [0.1, 0.15) is 30.5 Å². The molecule has 0 aromatic carbocycles. The van der Waals surface area contributed by atoms with Gasteiger partial charge >= 0.3 is 0 Å². The summed E-state index contributed by atoms with van der Waals surface area (Å²) in [5.74, 6) is 1.97. The van der Waals surface area contributed by atoms with Gasteiger partial charge in [0, 0.05) is 23.5 Å². The van der Waals surface area contributed by atoms with Gasteiger partial charge < -0.3 is 13.7 Å². The first kappa shape index (κ1) is 15.5. The van der Waals surface area contributed by atoms with Gasteiger partial charge in [0.25, 0.3) is 0 Å². The molecule has 134 valence electrons. The molecule has 0 aliphatic rings. The van der Waals surface area contributed by atoms with Crippen molar-refractivity contribution in [2.75, 3.05) is 7.11 Å². The van der Waals surface area contributed by atoms with E-state index >= 15 is 0 Å². The van der Waals surface area contributed by atoms with E-state index in [1.165, 1.54) is 6.33 Å². The van der Waals surface area contributed by atoms with E-state index in [1.807, 2.05) is 29.8 Å². The number of aryl methyl sites for hydroxylation is 1. The van der Waals surface area contributed by atoms with Crippen LogP contribution >= 0.6 is 0 Å². The number of imidazole rings is 1. The van der Waals surface area contributed by atoms with Crippen molar-refractivity contribution in [3.63, 3.8) is 0 Å². The molecule has 0 amide bonds. The number of hydrogen-bond acceptors (Lipinski definition) is 7. The minimum Gasteiger partial charge on any atom is -0.479 e. The Labute approximate surface area is 153 Å². The van der Waals surface area contributed by atoms with Gasteiger partial charge in [-0.2, -0.15) is 10.1 Å². The first-order valence-electron chi connectivity index (χ1n) is 8.32. The van der Waals surface area contributed by atoms with E-state index in [0.29, 0.717) is 24.0 Å². The van der Waals surface area contributed by atoms with E-state index in [2.05, 4.69) is 25.0 Å². The van der Waals surface area contributed by atoms with Crippen LogP contribution in [0.3, 0.4) is 0 Å². The first-order chi connectivity index (χ1) is 13.2. The number of rotatable bonds is 4. The summed E-state index contributed by atoms with van der Waals surface area (Å²) in [4.78, 5) is 17.5. The monoisotopic (exact) mass is 361 g/mol. The smallest absolute Gasteiger partial charge is 0.241 e. The van der Waals surface area contributed by atoms with E-state index < -0.39 is 0 Å². The van der Waals surface area contributed by atoms with E-state index in [9.17, 15) is 0 Å². The van der Waals surface area contributed by atoms with Crippen molar-refractivity contribution < 1.29 is 9.15 Å². The molecule has 9 nitrogen and oxygen atoms in total. The van der Waals surface area contributed by atoms with Crippen molar-refractivity contribution in [2.45, 2.75) is 13.5 Å². The molecule has 0 bridgehead atoms. The summed E-state index contributed by atoms with van der Waals surface area (Å²) in [7, 11) is 1.59. The third kappa shape index (κ3) is 2.43. The number of methoxy groups -OCH3 is 1. The lowest BCUT2D eigenvalue weighted by Crippen LogP contribution is -2.02. The first-order valence-corrected chi connectivity index (χ1v) is 8.32. The van der Waals surface area contributed by atoms with Crippen LogP contribution in [-0.2, 0) is 6.54 Å². The maximum atomic E-state index is 5.40. The second kappa shape index (κ2) is 5.90. The second-order valence-electron chi connectivity index (χ2n) is 6.03. The normalized spacial score (nSPS) is 11.5. The summed E-state index contributed by atoms with van der Waals surface area (Å²) >= 11 is 0. The SMILES string of the molecule is COc1ncnn2ccc(-c3cnc4nc(C)n(Cc5ncco5)c4c3)c12. The molecule has 5 rings (SSSR count). The van der Waals surface area contributed by atoms with Gasteiger partial charge in [-0.3, -0.25) is 0 Å². The quantitative estimate of drug-likeness (QED) is 0.485. The van der Waals surface area contributed by atoms with Gasteiger partial charge in [0.2, 0.25) is 11.8 Å². The summed E-state index contributed by atoms with van der Waals surface area (Å²) in [6, 6.07) is 4.02. The van der Waals surface area contributed by atoms with E-state index in [-0.39, 0.29) is 0 Å². The Bertz CT molecular complexity index is 1250. The summed E-state index contributed by atoms with van der Waals surface area (Å²) < 4.78 is 14.6. The van der Waals surface area contributed by atoms with Crippen LogP contribution in [0.15, 0.2) is 47.7 Å². The number of fused-ring (bicyclic) bond motifs is 2. The standard InChI is InChI=1S/C18H15N7O2/c1-11-23-17-14(24(11)9-15-19-4-6-27-15)7-12(8-20-17)13-3-5-25-16(13)18(26-2)21-10-22-25/h3-8,10H,9H2,1-2H3. The molecule has 0 saturated heterocycles. The van der Waals surface area contributed by atoms with Gasteiger partial charge in [-0.25, -0.2) is 19.5 Å². The van der Waals surface area contributed by atoms with Crippen molar-refractivity contribution >= 4 is 16.7 Å². The van der Waals surface area contributed by atoms with Crippen molar-refractivity contribution in [2.24, 2.45) is 0 Å². The fraction of sp³-hybridized carbons (Fsp3) is 0.167. The molecule has 0 aliphatic carbocycles. The molecule has 0 atom stereocenters. The molecule has 0 spiro atoms. The predicted octanol–water partition coefficient (Wildman–Crippen LogP) is 2.49. The van der Waals surface area contributed by atoms with Gasteiger partial charge in [-0.05, 0) is 19.1 Å². The summed E-state index contributed by atoms with van der Waals surface area (Å²) in [5, 5.41) is 4.24. The summed E-state index contributed by atoms with van der Waals surface area (Å²) in [5.41, 5.74) is 4.22. The Hall–Kier alpha value is -3.75. The Morgan fingerprint density at radius 2 is 2.15 bits per heavy atom. The van der Waals surface area contributed by atoms with Gasteiger partial charge in [-0.15, -0.1) is 0 Å². The van der Waals surface area contributed by atoms with E-state index in [1.54, 1.807) is 30.3 Å². The van der Waals surface area contributed by atoms with Crippen LogP contribution in [0.25, 0.3) is 27.8 Å². The topological polar surface area (TPSA) is 96.2 Å². The third-order valence-corrected chi connectivity index (χ3v) is 4.50. The van der Waals surface area contributed by atoms with Crippen LogP contribution in [0, 0.1) is 6.92 Å². The lowest BCUT2D eigenvalue weighted by Gasteiger charge is -2.06. The fourth-order valence-corrected chi connectivity index (χ4v) is 3.24. The van der Waals surface area contributed by atoms with Crippen LogP contribution < -0.4 is 4.74 Å². The van der Waals surface area contributed by atoms with Crippen LogP contribution in [-0.4, -0.2) is 41.2 Å². The van der Waals surface area contributed by atoms with Crippen LogP contribution in [0.2, 0.25) is 0 Å². The zero-order chi connectivity index (χ0) is 18.4. The number of nitrogens with zero attached hydrogens (tertiary/aromatic N) is 7. The molecule has 0 fully saturated rings. The molecule has 27 heavy (non-hydrogen) atoms. The largest absolute Gasteiger partial charge is 0.479 e. The highest BCUT2D eigenvalue weighted by Crippen LogP contribution is 2.31. The molecule has 0 aliphatic heterocycles. The van der Waals surface area contributed by atoms with Gasteiger partial charge in [0.15, 0.2) is 5.65 Å². The number of pyridine rings is 1. The zero-order valence-corrected chi connectivity index (χ0v) is 14.7. The molecule has 5 aromatic rings. The predicted molar refractivity (Wildman–Crippen MR) is 96.4 cm³/mol. The Balaban J connectivity index is 1.69. The summed E-state index contributed by atoms with van der Waals surface area (Å²) in [6.45, 7) is 2.43. The second-order valence-corrected chi connectivity index (χ2v) is 6.03. The molecule has 9 heteroatoms. The lowest BCUT2D eigenvalue weighted by atomic mass is 10.1. The van der Waals surface area contributed by atoms with Crippen molar-refractivity contribution in [1.82, 2.24) is 34.1 Å². The fourth-order valence-electron chi connectivity index (χ4n) is 3.24. The molecule has 5 heterocycles. The summed E-state index contributed by atoms with van der Waals surface area (Å²) in [6.07, 6.45) is 8.33. The number of ether oxygens (including phenoxy) is 1. The Morgan fingerprint density at radius 3 is 2.96 bits per heavy atom. The lowest BCUT2D eigenvalue weighted by molar-refractivity contribution is 0.399. The minimum absolute atomic E-state index is 0.489. The molecule has 5 aromatic heterocycles. The zero-order valence-electron chi connectivity index (χ0n) is 14.7. The number of hydrogen-bond donors (Lipinski definition) is 0. The van der Waals surface area contributed by atoms with Gasteiger partial charge in [-0.1, -0.05) is 0 Å². The highest BCUT2D eigenvalue weighted by molar-refractivity contribution is 5.87. The Morgan fingerprint density at radius 1 is 1.22 bits per heavy atom. The highest BCUT2D eigenvalue weighted by atomic mass is 16.5. The Kier molecular flexibility index (Phi) is 3.39. The van der Waals surface area contributed by atoms with Crippen LogP contribution in [0.1, 0.15) is 11.7 Å². The highest BCUT2D eigenvalue weighted by Gasteiger charge is 2.16. The molecule has 0 radical (unpaired) electrons. The molecule has 0 N–H and O–H groups in total.